The van der Waals surface area contributed by atoms with E-state index in [1.165, 1.54) is 6.07 Å². The number of hydrogen-bond donors (Lipinski definition) is 0. The molecule has 8 rings (SSSR count). The van der Waals surface area contributed by atoms with Crippen LogP contribution in [0.1, 0.15) is 16.7 Å². The van der Waals surface area contributed by atoms with Crippen LogP contribution in [0, 0.1) is 22.7 Å². The van der Waals surface area contributed by atoms with Crippen molar-refractivity contribution < 1.29 is 13.2 Å². The summed E-state index contributed by atoms with van der Waals surface area (Å²) >= 11 is 0. The summed E-state index contributed by atoms with van der Waals surface area (Å²) in [6, 6.07) is 44.7. The minimum absolute atomic E-state index is 0.330. The van der Waals surface area contributed by atoms with Crippen molar-refractivity contribution in [3.8, 4) is 63.1 Å². The minimum Gasteiger partial charge on any atom is -0.308 e. The topological polar surface area (TPSA) is 91.2 Å². The third-order valence-electron chi connectivity index (χ3n) is 8.73. The van der Waals surface area contributed by atoms with Crippen LogP contribution in [0.5, 0.6) is 0 Å². The lowest BCUT2D eigenvalue weighted by Gasteiger charge is -2.17. The molecule has 0 atom stereocenters. The van der Waals surface area contributed by atoms with Crippen molar-refractivity contribution in [2.75, 3.05) is 0 Å². The molecule has 0 saturated carbocycles. The Morgan fingerprint density at radius 2 is 1.00 bits per heavy atom. The highest BCUT2D eigenvalue weighted by molar-refractivity contribution is 6.10. The summed E-state index contributed by atoms with van der Waals surface area (Å²) < 4.78 is 43.4. The molecule has 0 unspecified atom stereocenters. The highest BCUT2D eigenvalue weighted by atomic mass is 19.4. The van der Waals surface area contributed by atoms with Crippen LogP contribution in [-0.2, 0) is 6.18 Å². The van der Waals surface area contributed by atoms with Crippen molar-refractivity contribution in [3.05, 3.63) is 156 Å². The molecule has 0 aliphatic carbocycles. The number of nitriles is 2. The van der Waals surface area contributed by atoms with Gasteiger partial charge >= 0.3 is 6.18 Å². The van der Waals surface area contributed by atoms with Crippen LogP contribution in [0.4, 0.5) is 13.2 Å². The zero-order valence-corrected chi connectivity index (χ0v) is 26.6. The van der Waals surface area contributed by atoms with Gasteiger partial charge in [0.1, 0.15) is 0 Å². The van der Waals surface area contributed by atoms with Gasteiger partial charge in [0.15, 0.2) is 17.5 Å². The number of nitrogens with zero attached hydrogens (tertiary/aromatic N) is 6. The van der Waals surface area contributed by atoms with E-state index in [0.717, 1.165) is 34.0 Å². The molecular weight excluding hydrogens is 645 g/mol. The molecule has 0 spiro atoms. The number of rotatable bonds is 5. The van der Waals surface area contributed by atoms with Crippen LogP contribution in [0.25, 0.3) is 72.8 Å². The van der Waals surface area contributed by atoms with Gasteiger partial charge in [0, 0.05) is 27.5 Å². The van der Waals surface area contributed by atoms with E-state index >= 15 is 0 Å². The van der Waals surface area contributed by atoms with Crippen LogP contribution < -0.4 is 0 Å². The number of alkyl halides is 3. The van der Waals surface area contributed by atoms with Gasteiger partial charge in [-0.25, -0.2) is 15.0 Å². The number of hydrogen-bond acceptors (Lipinski definition) is 5. The Labute approximate surface area is 290 Å². The normalized spacial score (nSPS) is 11.4. The van der Waals surface area contributed by atoms with E-state index in [2.05, 4.69) is 12.1 Å². The monoisotopic (exact) mass is 668 g/mol. The Morgan fingerprint density at radius 3 is 1.53 bits per heavy atom. The maximum absolute atomic E-state index is 13.8. The predicted octanol–water partition coefficient (Wildman–Crippen LogP) is 10.4. The second kappa shape index (κ2) is 12.4. The highest BCUT2D eigenvalue weighted by Gasteiger charge is 2.30. The summed E-state index contributed by atoms with van der Waals surface area (Å²) in [6.45, 7) is 0. The molecule has 9 heteroatoms. The number of halogens is 3. The molecule has 8 aromatic rings. The first-order valence-electron chi connectivity index (χ1n) is 15.9. The molecule has 0 amide bonds. The summed E-state index contributed by atoms with van der Waals surface area (Å²) in [7, 11) is 0. The van der Waals surface area contributed by atoms with Crippen molar-refractivity contribution in [1.82, 2.24) is 19.5 Å². The fourth-order valence-corrected chi connectivity index (χ4v) is 6.31. The largest absolute Gasteiger partial charge is 0.416 e. The Bertz CT molecular complexity index is 2580. The molecule has 0 N–H and O–H groups in total. The van der Waals surface area contributed by atoms with Crippen molar-refractivity contribution in [1.29, 1.82) is 10.5 Å². The van der Waals surface area contributed by atoms with E-state index < -0.39 is 11.7 Å². The van der Waals surface area contributed by atoms with Gasteiger partial charge in [0.25, 0.3) is 0 Å². The van der Waals surface area contributed by atoms with E-state index in [0.29, 0.717) is 62.0 Å². The zero-order chi connectivity index (χ0) is 35.1. The van der Waals surface area contributed by atoms with Crippen LogP contribution >= 0.6 is 0 Å². The summed E-state index contributed by atoms with van der Waals surface area (Å²) in [6.07, 6.45) is -4.53. The van der Waals surface area contributed by atoms with Crippen LogP contribution in [0.2, 0.25) is 0 Å². The van der Waals surface area contributed by atoms with Gasteiger partial charge in [-0.3, -0.25) is 0 Å². The maximum Gasteiger partial charge on any atom is 0.416 e. The fraction of sp³-hybridized carbons (Fsp3) is 0.0238. The molecule has 0 aliphatic heterocycles. The third kappa shape index (κ3) is 5.73. The molecule has 51 heavy (non-hydrogen) atoms. The first-order valence-corrected chi connectivity index (χ1v) is 15.9. The molecule has 0 saturated heterocycles. The lowest BCUT2D eigenvalue weighted by Crippen LogP contribution is -2.05. The first kappa shape index (κ1) is 31.2. The summed E-state index contributed by atoms with van der Waals surface area (Å²) in [5.41, 5.74) is 4.93. The Kier molecular flexibility index (Phi) is 7.59. The lowest BCUT2D eigenvalue weighted by molar-refractivity contribution is -0.137. The van der Waals surface area contributed by atoms with E-state index in [1.807, 2.05) is 77.4 Å². The fourth-order valence-electron chi connectivity index (χ4n) is 6.31. The van der Waals surface area contributed by atoms with Gasteiger partial charge < -0.3 is 4.57 Å². The smallest absolute Gasteiger partial charge is 0.308 e. The van der Waals surface area contributed by atoms with Crippen LogP contribution in [0.3, 0.4) is 0 Å². The molecule has 2 heterocycles. The average molecular weight is 669 g/mol. The Hall–Kier alpha value is -7.10. The van der Waals surface area contributed by atoms with Crippen molar-refractivity contribution >= 4 is 21.8 Å². The molecule has 6 aromatic carbocycles. The molecule has 6 nitrogen and oxygen atoms in total. The number of benzene rings is 6. The maximum atomic E-state index is 13.8. The van der Waals surface area contributed by atoms with Gasteiger partial charge in [-0.15, -0.1) is 0 Å². The molecule has 2 aromatic heterocycles. The third-order valence-corrected chi connectivity index (χ3v) is 8.73. The van der Waals surface area contributed by atoms with E-state index in [4.69, 9.17) is 15.0 Å². The van der Waals surface area contributed by atoms with Gasteiger partial charge in [0.2, 0.25) is 0 Å². The standard InChI is InChI=1S/C42H23F3N6/c43-42(44,45)32-13-7-12-30(22-32)31-16-19-35(41-49-39(28-8-3-1-4-9-28)48-40(50-41)29-10-5-2-6-11-29)38(23-31)51-36-20-26(24-46)14-17-33(36)34-18-15-27(25-47)21-37(34)51/h1-23H. The quantitative estimate of drug-likeness (QED) is 0.182. The molecule has 0 bridgehead atoms. The van der Waals surface area contributed by atoms with E-state index in [9.17, 15) is 23.7 Å². The molecule has 242 valence electrons. The lowest BCUT2D eigenvalue weighted by atomic mass is 9.99. The van der Waals surface area contributed by atoms with Crippen molar-refractivity contribution in [3.63, 3.8) is 0 Å². The number of fused-ring (bicyclic) bond motifs is 3. The zero-order valence-electron chi connectivity index (χ0n) is 26.6. The molecule has 0 radical (unpaired) electrons. The van der Waals surface area contributed by atoms with Gasteiger partial charge in [-0.1, -0.05) is 91.0 Å². The van der Waals surface area contributed by atoms with Gasteiger partial charge in [0.05, 0.1) is 45.5 Å². The van der Waals surface area contributed by atoms with Gasteiger partial charge in [-0.05, 0) is 59.7 Å². The summed E-state index contributed by atoms with van der Waals surface area (Å²) in [4.78, 5) is 14.7. The van der Waals surface area contributed by atoms with E-state index in [1.54, 1.807) is 48.5 Å². The molecule has 0 fully saturated rings. The molecule has 0 aliphatic rings. The Balaban J connectivity index is 1.48. The van der Waals surface area contributed by atoms with Gasteiger partial charge in [-0.2, -0.15) is 23.7 Å². The van der Waals surface area contributed by atoms with Crippen LogP contribution in [0.15, 0.2) is 140 Å². The Morgan fingerprint density at radius 1 is 0.490 bits per heavy atom. The second-order valence-corrected chi connectivity index (χ2v) is 11.9. The second-order valence-electron chi connectivity index (χ2n) is 11.9. The number of aromatic nitrogens is 4. The average Bonchev–Trinajstić information content (AvgIpc) is 3.50. The summed E-state index contributed by atoms with van der Waals surface area (Å²) in [5, 5.41) is 21.4. The molecular formula is C42H23F3N6. The summed E-state index contributed by atoms with van der Waals surface area (Å²) in [5.74, 6) is 1.21. The minimum atomic E-state index is -4.53. The predicted molar refractivity (Wildman–Crippen MR) is 190 cm³/mol. The van der Waals surface area contributed by atoms with Crippen molar-refractivity contribution in [2.45, 2.75) is 6.18 Å². The van der Waals surface area contributed by atoms with E-state index in [-0.39, 0.29) is 0 Å². The van der Waals surface area contributed by atoms with Crippen molar-refractivity contribution in [2.24, 2.45) is 0 Å². The SMILES string of the molecule is N#Cc1ccc2c3ccc(C#N)cc3n(-c3cc(-c4cccc(C(F)(F)F)c4)ccc3-c3nc(-c4ccccc4)nc(-c4ccccc4)n3)c2c1. The first-order chi connectivity index (χ1) is 24.8. The van der Waals surface area contributed by atoms with Crippen LogP contribution in [-0.4, -0.2) is 19.5 Å². The highest BCUT2D eigenvalue weighted by Crippen LogP contribution is 2.40.